The molecule has 0 amide bonds. The van der Waals surface area contributed by atoms with Crippen molar-refractivity contribution in [2.45, 2.75) is 0 Å². The maximum atomic E-state index is 12.0. The van der Waals surface area contributed by atoms with Crippen LogP contribution in [-0.4, -0.2) is 9.97 Å². The van der Waals surface area contributed by atoms with Crippen LogP contribution in [0.2, 0.25) is 10.0 Å². The summed E-state index contributed by atoms with van der Waals surface area (Å²) < 4.78 is 0. The molecule has 21 heavy (non-hydrogen) atoms. The molecule has 1 aromatic heterocycles. The molecule has 5 heteroatoms. The van der Waals surface area contributed by atoms with Crippen molar-refractivity contribution in [3.8, 4) is 0 Å². The van der Waals surface area contributed by atoms with Crippen molar-refractivity contribution in [1.82, 2.24) is 9.97 Å². The Morgan fingerprint density at radius 1 is 1.05 bits per heavy atom. The molecule has 1 heterocycles. The van der Waals surface area contributed by atoms with E-state index in [4.69, 9.17) is 23.2 Å². The average molecular weight is 317 g/mol. The maximum absolute atomic E-state index is 12.0. The molecule has 0 bridgehead atoms. The monoisotopic (exact) mass is 316 g/mol. The van der Waals surface area contributed by atoms with Gasteiger partial charge in [0.2, 0.25) is 0 Å². The second-order valence-corrected chi connectivity index (χ2v) is 5.31. The minimum Gasteiger partial charge on any atom is -0.319 e. The Bertz CT molecular complexity index is 900. The van der Waals surface area contributed by atoms with Gasteiger partial charge in [0, 0.05) is 10.0 Å². The topological polar surface area (TPSA) is 45.8 Å². The lowest BCUT2D eigenvalue weighted by molar-refractivity contribution is 1.19. The lowest BCUT2D eigenvalue weighted by Crippen LogP contribution is -2.11. The van der Waals surface area contributed by atoms with Crippen LogP contribution in [0.3, 0.4) is 0 Å². The summed E-state index contributed by atoms with van der Waals surface area (Å²) in [5.74, 6) is 0. The molecule has 0 unspecified atom stereocenters. The standard InChI is InChI=1S/C16H10Cl2N2O/c17-11-7-5-10(12(18)9-11)6-8-15-16(21)20-14-4-2-1-3-13(14)19-15/h1-9H,(H,20,21). The largest absolute Gasteiger partial charge is 0.319 e. The molecular weight excluding hydrogens is 307 g/mol. The van der Waals surface area contributed by atoms with E-state index in [1.165, 1.54) is 0 Å². The van der Waals surface area contributed by atoms with Crippen molar-refractivity contribution >= 4 is 46.4 Å². The summed E-state index contributed by atoms with van der Waals surface area (Å²) in [5.41, 5.74) is 2.31. The van der Waals surface area contributed by atoms with Gasteiger partial charge in [-0.1, -0.05) is 47.5 Å². The SMILES string of the molecule is O=c1[nH]c2ccccc2nc1C=Cc1ccc(Cl)cc1Cl. The highest BCUT2D eigenvalue weighted by atomic mass is 35.5. The van der Waals surface area contributed by atoms with Crippen LogP contribution >= 0.6 is 23.2 Å². The Morgan fingerprint density at radius 3 is 2.67 bits per heavy atom. The molecule has 0 aliphatic heterocycles. The van der Waals surface area contributed by atoms with Crippen LogP contribution in [0.5, 0.6) is 0 Å². The first-order valence-electron chi connectivity index (χ1n) is 6.26. The minimum absolute atomic E-state index is 0.241. The van der Waals surface area contributed by atoms with Gasteiger partial charge in [-0.05, 0) is 35.9 Å². The van der Waals surface area contributed by atoms with Crippen molar-refractivity contribution in [3.63, 3.8) is 0 Å². The van der Waals surface area contributed by atoms with Crippen LogP contribution in [0.15, 0.2) is 47.3 Å². The maximum Gasteiger partial charge on any atom is 0.274 e. The second-order valence-electron chi connectivity index (χ2n) is 4.47. The molecule has 0 fully saturated rings. The molecule has 0 saturated carbocycles. The lowest BCUT2D eigenvalue weighted by atomic mass is 10.2. The molecule has 0 radical (unpaired) electrons. The fourth-order valence-corrected chi connectivity index (χ4v) is 2.43. The number of H-pyrrole nitrogens is 1. The smallest absolute Gasteiger partial charge is 0.274 e. The first-order valence-corrected chi connectivity index (χ1v) is 7.01. The molecule has 0 atom stereocenters. The third kappa shape index (κ3) is 2.99. The van der Waals surface area contributed by atoms with E-state index in [1.807, 2.05) is 24.3 Å². The van der Waals surface area contributed by atoms with E-state index in [2.05, 4.69) is 9.97 Å². The number of halogens is 2. The summed E-state index contributed by atoms with van der Waals surface area (Å²) in [6.45, 7) is 0. The Morgan fingerprint density at radius 2 is 1.86 bits per heavy atom. The van der Waals surface area contributed by atoms with Crippen molar-refractivity contribution in [1.29, 1.82) is 0 Å². The summed E-state index contributed by atoms with van der Waals surface area (Å²) in [6.07, 6.45) is 3.38. The zero-order valence-electron chi connectivity index (χ0n) is 10.8. The molecule has 1 N–H and O–H groups in total. The van der Waals surface area contributed by atoms with Crippen LogP contribution in [0.1, 0.15) is 11.3 Å². The Kier molecular flexibility index (Phi) is 3.78. The van der Waals surface area contributed by atoms with Gasteiger partial charge in [0.15, 0.2) is 0 Å². The second kappa shape index (κ2) is 5.72. The van der Waals surface area contributed by atoms with E-state index >= 15 is 0 Å². The van der Waals surface area contributed by atoms with Crippen LogP contribution in [-0.2, 0) is 0 Å². The summed E-state index contributed by atoms with van der Waals surface area (Å²) >= 11 is 11.9. The fraction of sp³-hybridized carbons (Fsp3) is 0. The molecular formula is C16H10Cl2N2O. The molecule has 0 aliphatic rings. The number of aromatic nitrogens is 2. The van der Waals surface area contributed by atoms with Crippen LogP contribution < -0.4 is 5.56 Å². The highest BCUT2D eigenvalue weighted by molar-refractivity contribution is 6.35. The molecule has 0 aliphatic carbocycles. The van der Waals surface area contributed by atoms with Crippen molar-refractivity contribution in [2.24, 2.45) is 0 Å². The van der Waals surface area contributed by atoms with E-state index in [-0.39, 0.29) is 5.56 Å². The summed E-state index contributed by atoms with van der Waals surface area (Å²) in [4.78, 5) is 19.1. The van der Waals surface area contributed by atoms with Crippen LogP contribution in [0.4, 0.5) is 0 Å². The molecule has 0 spiro atoms. The van der Waals surface area contributed by atoms with Gasteiger partial charge in [0.1, 0.15) is 5.69 Å². The average Bonchev–Trinajstić information content (AvgIpc) is 2.46. The van der Waals surface area contributed by atoms with Crippen LogP contribution in [0.25, 0.3) is 23.2 Å². The van der Waals surface area contributed by atoms with E-state index < -0.39 is 0 Å². The Labute approximate surface area is 130 Å². The Balaban J connectivity index is 2.03. The number of nitrogens with zero attached hydrogens (tertiary/aromatic N) is 1. The van der Waals surface area contributed by atoms with Crippen molar-refractivity contribution < 1.29 is 0 Å². The van der Waals surface area contributed by atoms with Gasteiger partial charge >= 0.3 is 0 Å². The molecule has 3 aromatic rings. The van der Waals surface area contributed by atoms with Gasteiger partial charge in [-0.3, -0.25) is 4.79 Å². The number of para-hydroxylation sites is 2. The number of aromatic amines is 1. The summed E-state index contributed by atoms with van der Waals surface area (Å²) in [5, 5.41) is 1.09. The van der Waals surface area contributed by atoms with Crippen molar-refractivity contribution in [3.05, 3.63) is 74.1 Å². The molecule has 0 saturated heterocycles. The van der Waals surface area contributed by atoms with E-state index in [9.17, 15) is 4.79 Å². The predicted molar refractivity (Wildman–Crippen MR) is 87.8 cm³/mol. The van der Waals surface area contributed by atoms with Gasteiger partial charge in [0.05, 0.1) is 11.0 Å². The van der Waals surface area contributed by atoms with Gasteiger partial charge < -0.3 is 4.98 Å². The van der Waals surface area contributed by atoms with E-state index in [1.54, 1.807) is 30.4 Å². The molecule has 3 rings (SSSR count). The van der Waals surface area contributed by atoms with Crippen molar-refractivity contribution in [2.75, 3.05) is 0 Å². The van der Waals surface area contributed by atoms with Gasteiger partial charge in [0.25, 0.3) is 5.56 Å². The highest BCUT2D eigenvalue weighted by Crippen LogP contribution is 2.22. The first kappa shape index (κ1) is 13.9. The number of hydrogen-bond acceptors (Lipinski definition) is 2. The molecule has 104 valence electrons. The summed E-state index contributed by atoms with van der Waals surface area (Å²) in [7, 11) is 0. The highest BCUT2D eigenvalue weighted by Gasteiger charge is 2.02. The number of nitrogens with one attached hydrogen (secondary N) is 1. The van der Waals surface area contributed by atoms with Gasteiger partial charge in [-0.2, -0.15) is 0 Å². The number of rotatable bonds is 2. The number of benzene rings is 2. The van der Waals surface area contributed by atoms with Gasteiger partial charge in [-0.25, -0.2) is 4.98 Å². The quantitative estimate of drug-likeness (QED) is 0.761. The van der Waals surface area contributed by atoms with Gasteiger partial charge in [-0.15, -0.1) is 0 Å². The Hall–Kier alpha value is -2.10. The van der Waals surface area contributed by atoms with E-state index in [0.29, 0.717) is 21.3 Å². The van der Waals surface area contributed by atoms with Crippen LogP contribution in [0, 0.1) is 0 Å². The summed E-state index contributed by atoms with van der Waals surface area (Å²) in [6, 6.07) is 12.6. The molecule has 2 aromatic carbocycles. The first-order chi connectivity index (χ1) is 10.1. The minimum atomic E-state index is -0.241. The zero-order chi connectivity index (χ0) is 14.8. The number of hydrogen-bond donors (Lipinski definition) is 1. The zero-order valence-corrected chi connectivity index (χ0v) is 12.3. The number of fused-ring (bicyclic) bond motifs is 1. The van der Waals surface area contributed by atoms with E-state index in [0.717, 1.165) is 11.1 Å². The lowest BCUT2D eigenvalue weighted by Gasteiger charge is -2.00. The predicted octanol–water partition coefficient (Wildman–Crippen LogP) is 4.40. The third-order valence-corrected chi connectivity index (χ3v) is 3.57. The molecule has 3 nitrogen and oxygen atoms in total. The normalized spacial score (nSPS) is 11.3. The fourth-order valence-electron chi connectivity index (χ4n) is 1.96. The third-order valence-electron chi connectivity index (χ3n) is 3.01.